The van der Waals surface area contributed by atoms with Gasteiger partial charge in [-0.1, -0.05) is 12.1 Å². The van der Waals surface area contributed by atoms with Crippen LogP contribution in [0.25, 0.3) is 0 Å². The number of halogens is 1. The quantitative estimate of drug-likeness (QED) is 0.594. The normalized spacial score (nSPS) is 18.3. The van der Waals surface area contributed by atoms with Crippen molar-refractivity contribution in [2.45, 2.75) is 31.7 Å². The molecule has 7 heteroatoms. The summed E-state index contributed by atoms with van der Waals surface area (Å²) >= 11 is 1.69. The molecule has 5 nitrogen and oxygen atoms in total. The number of likely N-dealkylation sites (N-methyl/N-ethyl adjacent to an activating group) is 1. The summed E-state index contributed by atoms with van der Waals surface area (Å²) < 4.78 is 19.1. The van der Waals surface area contributed by atoms with E-state index in [-0.39, 0.29) is 17.8 Å². The largest absolute Gasteiger partial charge is 0.459 e. The van der Waals surface area contributed by atoms with Gasteiger partial charge in [0.2, 0.25) is 0 Å². The van der Waals surface area contributed by atoms with E-state index in [9.17, 15) is 9.18 Å². The molecule has 1 aromatic carbocycles. The molecule has 2 aromatic heterocycles. The van der Waals surface area contributed by atoms with Gasteiger partial charge in [0.05, 0.1) is 12.3 Å². The number of thiophene rings is 1. The maximum atomic E-state index is 13.8. The molecule has 1 saturated heterocycles. The molecule has 1 amide bonds. The van der Waals surface area contributed by atoms with Gasteiger partial charge in [0.1, 0.15) is 10.8 Å². The lowest BCUT2D eigenvalue weighted by molar-refractivity contribution is 0.0996. The third-order valence-electron chi connectivity index (χ3n) is 6.55. The van der Waals surface area contributed by atoms with Crippen LogP contribution in [-0.2, 0) is 12.8 Å². The van der Waals surface area contributed by atoms with Crippen molar-refractivity contribution in [2.75, 3.05) is 38.5 Å². The summed E-state index contributed by atoms with van der Waals surface area (Å²) in [4.78, 5) is 19.1. The first kappa shape index (κ1) is 21.4. The fourth-order valence-corrected chi connectivity index (χ4v) is 6.15. The molecule has 3 heterocycles. The van der Waals surface area contributed by atoms with Crippen LogP contribution in [0.15, 0.2) is 47.1 Å². The van der Waals surface area contributed by atoms with Crippen molar-refractivity contribution in [1.29, 1.82) is 0 Å². The van der Waals surface area contributed by atoms with Crippen LogP contribution in [0.4, 0.5) is 9.39 Å². The zero-order valence-electron chi connectivity index (χ0n) is 18.3. The van der Waals surface area contributed by atoms with Crippen LogP contribution in [0.2, 0.25) is 0 Å². The highest BCUT2D eigenvalue weighted by Gasteiger charge is 2.33. The molecule has 168 valence electrons. The van der Waals surface area contributed by atoms with Crippen molar-refractivity contribution in [1.82, 2.24) is 9.80 Å². The van der Waals surface area contributed by atoms with E-state index in [1.54, 1.807) is 35.6 Å². The van der Waals surface area contributed by atoms with Gasteiger partial charge in [-0.15, -0.1) is 11.3 Å². The van der Waals surface area contributed by atoms with E-state index in [1.165, 1.54) is 28.7 Å². The maximum absolute atomic E-state index is 13.8. The van der Waals surface area contributed by atoms with E-state index < -0.39 is 0 Å². The van der Waals surface area contributed by atoms with Crippen LogP contribution in [-0.4, -0.2) is 48.9 Å². The van der Waals surface area contributed by atoms with Gasteiger partial charge in [-0.05, 0) is 68.1 Å². The van der Waals surface area contributed by atoms with Gasteiger partial charge >= 0.3 is 0 Å². The van der Waals surface area contributed by atoms with Gasteiger partial charge < -0.3 is 14.6 Å². The molecule has 5 rings (SSSR count). The molecule has 0 saturated carbocycles. The first-order valence-electron chi connectivity index (χ1n) is 11.3. The summed E-state index contributed by atoms with van der Waals surface area (Å²) in [6, 6.07) is 10.2. The van der Waals surface area contributed by atoms with Crippen molar-refractivity contribution in [3.05, 3.63) is 75.8 Å². The Hall–Kier alpha value is -2.48. The minimum atomic E-state index is -0.232. The number of furan rings is 1. The Morgan fingerprint density at radius 3 is 2.56 bits per heavy atom. The predicted molar refractivity (Wildman–Crippen MR) is 125 cm³/mol. The van der Waals surface area contributed by atoms with Crippen molar-refractivity contribution in [2.24, 2.45) is 0 Å². The molecule has 1 fully saturated rings. The number of piperazine rings is 1. The number of hydrogen-bond acceptors (Lipinski definition) is 5. The van der Waals surface area contributed by atoms with Crippen LogP contribution in [0, 0.1) is 5.82 Å². The number of nitrogens with zero attached hydrogens (tertiary/aromatic N) is 2. The Labute approximate surface area is 191 Å². The zero-order chi connectivity index (χ0) is 22.1. The van der Waals surface area contributed by atoms with Crippen LogP contribution in [0.3, 0.4) is 0 Å². The summed E-state index contributed by atoms with van der Waals surface area (Å²) in [7, 11) is 2.14. The Balaban J connectivity index is 1.59. The number of carbonyl (C=O) groups excluding carboxylic acids is 1. The third kappa shape index (κ3) is 4.25. The second-order valence-electron chi connectivity index (χ2n) is 8.68. The lowest BCUT2D eigenvalue weighted by Gasteiger charge is -2.39. The lowest BCUT2D eigenvalue weighted by Crippen LogP contribution is -2.46. The summed E-state index contributed by atoms with van der Waals surface area (Å²) in [6.45, 7) is 3.82. The Morgan fingerprint density at radius 2 is 1.84 bits per heavy atom. The summed E-state index contributed by atoms with van der Waals surface area (Å²) in [5, 5.41) is 4.05. The van der Waals surface area contributed by atoms with E-state index >= 15 is 0 Å². The average Bonchev–Trinajstić information content (AvgIpc) is 3.45. The first-order valence-corrected chi connectivity index (χ1v) is 12.1. The Bertz CT molecular complexity index is 1070. The van der Waals surface area contributed by atoms with Gasteiger partial charge in [0, 0.05) is 36.6 Å². The molecule has 3 aromatic rings. The van der Waals surface area contributed by atoms with E-state index in [0.29, 0.717) is 5.76 Å². The number of amides is 1. The van der Waals surface area contributed by atoms with Gasteiger partial charge in [-0.2, -0.15) is 0 Å². The first-order chi connectivity index (χ1) is 15.6. The molecule has 0 radical (unpaired) electrons. The molecule has 1 aliphatic carbocycles. The number of benzene rings is 1. The second kappa shape index (κ2) is 9.17. The van der Waals surface area contributed by atoms with E-state index in [1.807, 2.05) is 12.1 Å². The second-order valence-corrected chi connectivity index (χ2v) is 9.78. The number of hydrogen-bond donors (Lipinski definition) is 1. The van der Waals surface area contributed by atoms with Crippen LogP contribution in [0.1, 0.15) is 51.0 Å². The topological polar surface area (TPSA) is 48.7 Å². The van der Waals surface area contributed by atoms with E-state index in [4.69, 9.17) is 4.42 Å². The minimum Gasteiger partial charge on any atom is -0.459 e. The predicted octanol–water partition coefficient (Wildman–Crippen LogP) is 4.95. The molecule has 1 unspecified atom stereocenters. The zero-order valence-corrected chi connectivity index (χ0v) is 19.1. The van der Waals surface area contributed by atoms with Crippen molar-refractivity contribution in [3.8, 4) is 0 Å². The van der Waals surface area contributed by atoms with Gasteiger partial charge in [-0.3, -0.25) is 9.69 Å². The smallest absolute Gasteiger partial charge is 0.291 e. The van der Waals surface area contributed by atoms with E-state index in [2.05, 4.69) is 22.2 Å². The molecule has 1 aliphatic heterocycles. The number of rotatable bonds is 5. The van der Waals surface area contributed by atoms with Gasteiger partial charge in [-0.25, -0.2) is 4.39 Å². The van der Waals surface area contributed by atoms with Gasteiger partial charge in [0.15, 0.2) is 5.76 Å². The molecule has 1 atom stereocenters. The van der Waals surface area contributed by atoms with Crippen molar-refractivity contribution >= 4 is 22.2 Å². The minimum absolute atomic E-state index is 0.0192. The fourth-order valence-electron chi connectivity index (χ4n) is 4.83. The lowest BCUT2D eigenvalue weighted by atomic mass is 9.88. The summed E-state index contributed by atoms with van der Waals surface area (Å²) in [6.07, 6.45) is 5.90. The highest BCUT2D eigenvalue weighted by atomic mass is 32.1. The molecule has 0 bridgehead atoms. The number of aryl methyl sites for hydroxylation is 1. The number of fused-ring (bicyclic) bond motifs is 1. The molecule has 32 heavy (non-hydrogen) atoms. The van der Waals surface area contributed by atoms with Crippen LogP contribution < -0.4 is 5.32 Å². The molecule has 2 aliphatic rings. The van der Waals surface area contributed by atoms with Gasteiger partial charge in [0.25, 0.3) is 5.91 Å². The monoisotopic (exact) mass is 453 g/mol. The Kier molecular flexibility index (Phi) is 6.13. The molecule has 1 N–H and O–H groups in total. The number of nitrogens with one attached hydrogen (secondary N) is 1. The highest BCUT2D eigenvalue weighted by molar-refractivity contribution is 7.16. The average molecular weight is 454 g/mol. The number of anilines is 1. The molecular weight excluding hydrogens is 425 g/mol. The number of carbonyl (C=O) groups is 1. The third-order valence-corrected chi connectivity index (χ3v) is 7.77. The fraction of sp³-hybridized carbons (Fsp3) is 0.400. The summed E-state index contributed by atoms with van der Waals surface area (Å²) in [5.41, 5.74) is 3.61. The highest BCUT2D eigenvalue weighted by Crippen LogP contribution is 2.45. The molecular formula is C25H28FN3O2S. The SMILES string of the molecule is CN1CCN(C(c2ccc(F)cc2)c2c(NC(=O)c3ccco3)sc3c2CCCC3)CC1. The molecule has 0 spiro atoms. The summed E-state index contributed by atoms with van der Waals surface area (Å²) in [5.74, 6) is -0.157. The van der Waals surface area contributed by atoms with Crippen molar-refractivity contribution in [3.63, 3.8) is 0 Å². The Morgan fingerprint density at radius 1 is 1.09 bits per heavy atom. The maximum Gasteiger partial charge on any atom is 0.291 e. The van der Waals surface area contributed by atoms with Crippen LogP contribution >= 0.6 is 11.3 Å². The van der Waals surface area contributed by atoms with Crippen LogP contribution in [0.5, 0.6) is 0 Å². The van der Waals surface area contributed by atoms with Crippen molar-refractivity contribution < 1.29 is 13.6 Å². The standard InChI is InChI=1S/C25H28FN3O2S/c1-28-12-14-29(15-13-28)23(17-8-10-18(26)11-9-17)22-19-5-2-3-7-21(19)32-25(22)27-24(30)20-6-4-16-31-20/h4,6,8-11,16,23H,2-3,5,7,12-15H2,1H3,(H,27,30). The van der Waals surface area contributed by atoms with E-state index in [0.717, 1.165) is 56.0 Å².